The fourth-order valence-corrected chi connectivity index (χ4v) is 4.70. The third kappa shape index (κ3) is 4.20. The van der Waals surface area contributed by atoms with Gasteiger partial charge in [-0.3, -0.25) is 4.98 Å². The van der Waals surface area contributed by atoms with E-state index in [9.17, 15) is 4.39 Å². The normalized spacial score (nSPS) is 18.6. The highest BCUT2D eigenvalue weighted by Gasteiger charge is 2.41. The van der Waals surface area contributed by atoms with Crippen molar-refractivity contribution in [1.82, 2.24) is 24.7 Å². The predicted octanol–water partition coefficient (Wildman–Crippen LogP) is 4.16. The molecule has 2 atom stereocenters. The van der Waals surface area contributed by atoms with Gasteiger partial charge in [-0.15, -0.1) is 0 Å². The third-order valence-electron chi connectivity index (χ3n) is 5.86. The van der Waals surface area contributed by atoms with E-state index in [0.29, 0.717) is 0 Å². The van der Waals surface area contributed by atoms with Crippen LogP contribution in [0.1, 0.15) is 34.7 Å². The summed E-state index contributed by atoms with van der Waals surface area (Å²) in [6, 6.07) is 14.8. The number of halogens is 1. The fraction of sp³-hybridized carbons (Fsp3) is 0.333. The molecule has 4 rings (SSSR count). The van der Waals surface area contributed by atoms with Crippen molar-refractivity contribution in [2.75, 3.05) is 27.2 Å². The van der Waals surface area contributed by atoms with Crippen molar-refractivity contribution in [3.05, 3.63) is 83.2 Å². The van der Waals surface area contributed by atoms with Gasteiger partial charge < -0.3 is 19.7 Å². The maximum absolute atomic E-state index is 13.5. The zero-order valence-corrected chi connectivity index (χ0v) is 19.2. The zero-order valence-electron chi connectivity index (χ0n) is 18.3. The predicted molar refractivity (Wildman–Crippen MR) is 126 cm³/mol. The first-order valence-corrected chi connectivity index (χ1v) is 10.8. The van der Waals surface area contributed by atoms with E-state index >= 15 is 0 Å². The van der Waals surface area contributed by atoms with Crippen LogP contribution < -0.4 is 5.32 Å². The smallest absolute Gasteiger partial charge is 0.170 e. The number of benzene rings is 1. The highest BCUT2D eigenvalue weighted by molar-refractivity contribution is 7.80. The SMILES string of the molecule is Cc1cc([C@H]2[C@@H](c3ccccn3)NC(=S)N2CCN(C)C)c(C)n1-c1ccc(F)cc1. The van der Waals surface area contributed by atoms with Crippen LogP contribution in [0.3, 0.4) is 0 Å². The van der Waals surface area contributed by atoms with Gasteiger partial charge in [0.25, 0.3) is 0 Å². The summed E-state index contributed by atoms with van der Waals surface area (Å²) in [6.45, 7) is 5.91. The molecule has 1 saturated heterocycles. The molecule has 0 amide bonds. The lowest BCUT2D eigenvalue weighted by Gasteiger charge is -2.29. The van der Waals surface area contributed by atoms with E-state index in [-0.39, 0.29) is 17.9 Å². The van der Waals surface area contributed by atoms with Gasteiger partial charge in [0.2, 0.25) is 0 Å². The number of likely N-dealkylation sites (N-methyl/N-ethyl adjacent to an activating group) is 1. The van der Waals surface area contributed by atoms with Crippen molar-refractivity contribution in [3.8, 4) is 5.69 Å². The van der Waals surface area contributed by atoms with E-state index in [0.717, 1.165) is 41.0 Å². The van der Waals surface area contributed by atoms with Gasteiger partial charge in [-0.05, 0) is 88.2 Å². The topological polar surface area (TPSA) is 36.3 Å². The average Bonchev–Trinajstić information content (AvgIpc) is 3.23. The second kappa shape index (κ2) is 8.77. The molecule has 2 aromatic heterocycles. The molecule has 0 aliphatic carbocycles. The Balaban J connectivity index is 1.80. The molecule has 5 nitrogen and oxygen atoms in total. The number of rotatable bonds is 6. The van der Waals surface area contributed by atoms with E-state index in [2.05, 4.69) is 58.7 Å². The summed E-state index contributed by atoms with van der Waals surface area (Å²) in [6.07, 6.45) is 1.82. The molecule has 0 spiro atoms. The fourth-order valence-electron chi connectivity index (χ4n) is 4.37. The lowest BCUT2D eigenvalue weighted by atomic mass is 9.97. The number of aryl methyl sites for hydroxylation is 1. The minimum Gasteiger partial charge on any atom is -0.352 e. The molecule has 31 heavy (non-hydrogen) atoms. The Morgan fingerprint density at radius 1 is 1.13 bits per heavy atom. The molecule has 1 fully saturated rings. The van der Waals surface area contributed by atoms with E-state index in [4.69, 9.17) is 12.2 Å². The molecule has 3 heterocycles. The number of aromatic nitrogens is 2. The largest absolute Gasteiger partial charge is 0.352 e. The monoisotopic (exact) mass is 437 g/mol. The summed E-state index contributed by atoms with van der Waals surface area (Å²) in [4.78, 5) is 9.05. The molecule has 3 aromatic rings. The van der Waals surface area contributed by atoms with Crippen LogP contribution in [0.2, 0.25) is 0 Å². The Kier molecular flexibility index (Phi) is 6.07. The van der Waals surface area contributed by atoms with Gasteiger partial charge in [-0.2, -0.15) is 0 Å². The number of pyridine rings is 1. The summed E-state index contributed by atoms with van der Waals surface area (Å²) in [5, 5.41) is 4.26. The van der Waals surface area contributed by atoms with Crippen molar-refractivity contribution in [2.24, 2.45) is 0 Å². The van der Waals surface area contributed by atoms with E-state index in [1.165, 1.54) is 17.7 Å². The summed E-state index contributed by atoms with van der Waals surface area (Å²) < 4.78 is 15.7. The average molecular weight is 438 g/mol. The second-order valence-electron chi connectivity index (χ2n) is 8.26. The molecule has 1 aromatic carbocycles. The Morgan fingerprint density at radius 3 is 2.52 bits per heavy atom. The number of nitrogens with zero attached hydrogens (tertiary/aromatic N) is 4. The summed E-state index contributed by atoms with van der Waals surface area (Å²) in [5.74, 6) is -0.234. The zero-order chi connectivity index (χ0) is 22.1. The molecule has 0 radical (unpaired) electrons. The number of thiocarbonyl (C=S) groups is 1. The Labute approximate surface area is 188 Å². The molecular weight excluding hydrogens is 409 g/mol. The summed E-state index contributed by atoms with van der Waals surface area (Å²) >= 11 is 5.76. The Bertz CT molecular complexity index is 1060. The van der Waals surface area contributed by atoms with Crippen LogP contribution in [-0.2, 0) is 0 Å². The van der Waals surface area contributed by atoms with E-state index in [1.807, 2.05) is 36.5 Å². The van der Waals surface area contributed by atoms with Crippen molar-refractivity contribution in [1.29, 1.82) is 0 Å². The van der Waals surface area contributed by atoms with Crippen molar-refractivity contribution >= 4 is 17.3 Å². The van der Waals surface area contributed by atoms with Crippen molar-refractivity contribution in [2.45, 2.75) is 25.9 Å². The van der Waals surface area contributed by atoms with Crippen LogP contribution in [0.4, 0.5) is 4.39 Å². The van der Waals surface area contributed by atoms with Gasteiger partial charge in [0, 0.05) is 36.4 Å². The highest BCUT2D eigenvalue weighted by atomic mass is 32.1. The summed E-state index contributed by atoms with van der Waals surface area (Å²) in [7, 11) is 4.14. The molecule has 162 valence electrons. The Morgan fingerprint density at radius 2 is 1.87 bits per heavy atom. The lowest BCUT2D eigenvalue weighted by molar-refractivity contribution is 0.277. The van der Waals surface area contributed by atoms with E-state index < -0.39 is 0 Å². The van der Waals surface area contributed by atoms with Crippen LogP contribution in [0, 0.1) is 19.7 Å². The quantitative estimate of drug-likeness (QED) is 0.586. The van der Waals surface area contributed by atoms with Gasteiger partial charge in [-0.1, -0.05) is 6.07 Å². The first-order chi connectivity index (χ1) is 14.9. The van der Waals surface area contributed by atoms with Gasteiger partial charge in [0.15, 0.2) is 5.11 Å². The molecular formula is C24H28FN5S. The molecule has 0 bridgehead atoms. The minimum atomic E-state index is -0.234. The van der Waals surface area contributed by atoms with Crippen molar-refractivity contribution in [3.63, 3.8) is 0 Å². The highest BCUT2D eigenvalue weighted by Crippen LogP contribution is 2.41. The van der Waals surface area contributed by atoms with Gasteiger partial charge >= 0.3 is 0 Å². The molecule has 1 aliphatic rings. The van der Waals surface area contributed by atoms with Gasteiger partial charge in [0.05, 0.1) is 17.8 Å². The number of hydrogen-bond acceptors (Lipinski definition) is 3. The first-order valence-electron chi connectivity index (χ1n) is 10.4. The molecule has 1 aliphatic heterocycles. The molecule has 0 unspecified atom stereocenters. The molecule has 0 saturated carbocycles. The maximum Gasteiger partial charge on any atom is 0.170 e. The lowest BCUT2D eigenvalue weighted by Crippen LogP contribution is -2.35. The van der Waals surface area contributed by atoms with Gasteiger partial charge in [-0.25, -0.2) is 4.39 Å². The maximum atomic E-state index is 13.5. The number of nitrogens with one attached hydrogen (secondary N) is 1. The molecule has 1 N–H and O–H groups in total. The molecule has 7 heteroatoms. The third-order valence-corrected chi connectivity index (χ3v) is 6.21. The second-order valence-corrected chi connectivity index (χ2v) is 8.65. The van der Waals surface area contributed by atoms with Crippen LogP contribution in [0.5, 0.6) is 0 Å². The van der Waals surface area contributed by atoms with Gasteiger partial charge in [0.1, 0.15) is 5.82 Å². The summed E-state index contributed by atoms with van der Waals surface area (Å²) in [5.41, 5.74) is 5.34. The Hall–Kier alpha value is -2.77. The van der Waals surface area contributed by atoms with Crippen molar-refractivity contribution < 1.29 is 4.39 Å². The van der Waals surface area contributed by atoms with Crippen LogP contribution in [0.25, 0.3) is 5.69 Å². The number of hydrogen-bond donors (Lipinski definition) is 1. The van der Waals surface area contributed by atoms with Crippen LogP contribution in [0.15, 0.2) is 54.7 Å². The van der Waals surface area contributed by atoms with Crippen LogP contribution >= 0.6 is 12.2 Å². The first kappa shape index (κ1) is 21.5. The van der Waals surface area contributed by atoms with Crippen LogP contribution in [-0.4, -0.2) is 51.6 Å². The van der Waals surface area contributed by atoms with E-state index in [1.54, 1.807) is 0 Å². The minimum absolute atomic E-state index is 0.0164. The standard InChI is InChI=1S/C24H28FN5S/c1-16-15-20(17(2)30(16)19-10-8-18(25)9-11-19)23-22(21-7-5-6-12-26-21)27-24(31)29(23)14-13-28(3)4/h5-12,15,22-23H,13-14H2,1-4H3,(H,27,31)/t22-,23+/m1/s1.